The zero-order valence-electron chi connectivity index (χ0n) is 7.07. The number of rotatable bonds is 0. The molecule has 1 aliphatic rings. The van der Waals surface area contributed by atoms with Gasteiger partial charge in [0.1, 0.15) is 5.82 Å². The van der Waals surface area contributed by atoms with Gasteiger partial charge < -0.3 is 0 Å². The lowest BCUT2D eigenvalue weighted by atomic mass is 10.1. The molecule has 0 bridgehead atoms. The first kappa shape index (κ1) is 8.56. The van der Waals surface area contributed by atoms with Crippen LogP contribution in [0.2, 0.25) is 0 Å². The van der Waals surface area contributed by atoms with Crippen LogP contribution in [0.25, 0.3) is 0 Å². The molecule has 0 amide bonds. The van der Waals surface area contributed by atoms with E-state index in [9.17, 15) is 13.2 Å². The molecule has 4 heteroatoms. The minimum Gasteiger partial charge on any atom is -0.298 e. The SMILES string of the molecule is CN1Cc2c(F)cc(F)c(F)c2C1. The van der Waals surface area contributed by atoms with Crippen molar-refractivity contribution in [2.45, 2.75) is 13.1 Å². The number of hydrogen-bond donors (Lipinski definition) is 0. The van der Waals surface area contributed by atoms with Crippen molar-refractivity contribution in [3.63, 3.8) is 0 Å². The fraction of sp³-hybridized carbons (Fsp3) is 0.333. The zero-order valence-corrected chi connectivity index (χ0v) is 7.07. The van der Waals surface area contributed by atoms with E-state index >= 15 is 0 Å². The lowest BCUT2D eigenvalue weighted by molar-refractivity contribution is 0.346. The van der Waals surface area contributed by atoms with Crippen molar-refractivity contribution < 1.29 is 13.2 Å². The highest BCUT2D eigenvalue weighted by molar-refractivity contribution is 5.33. The fourth-order valence-corrected chi connectivity index (χ4v) is 1.61. The molecule has 0 fully saturated rings. The van der Waals surface area contributed by atoms with E-state index in [2.05, 4.69) is 0 Å². The lowest BCUT2D eigenvalue weighted by Gasteiger charge is -2.02. The molecule has 2 rings (SSSR count). The zero-order chi connectivity index (χ0) is 9.59. The van der Waals surface area contributed by atoms with Gasteiger partial charge in [-0.1, -0.05) is 0 Å². The topological polar surface area (TPSA) is 3.24 Å². The second-order valence-corrected chi connectivity index (χ2v) is 3.28. The van der Waals surface area contributed by atoms with Crippen molar-refractivity contribution in [2.75, 3.05) is 7.05 Å². The van der Waals surface area contributed by atoms with Crippen LogP contribution < -0.4 is 0 Å². The maximum absolute atomic E-state index is 13.1. The van der Waals surface area contributed by atoms with Gasteiger partial charge in [-0.05, 0) is 7.05 Å². The summed E-state index contributed by atoms with van der Waals surface area (Å²) in [6.45, 7) is 0.619. The van der Waals surface area contributed by atoms with Gasteiger partial charge in [0.25, 0.3) is 0 Å². The molecule has 0 radical (unpaired) electrons. The molecule has 1 aromatic rings. The summed E-state index contributed by atoms with van der Waals surface area (Å²) in [4.78, 5) is 1.73. The van der Waals surface area contributed by atoms with Crippen molar-refractivity contribution in [1.82, 2.24) is 4.90 Å². The molecular weight excluding hydrogens is 179 g/mol. The maximum atomic E-state index is 13.1. The van der Waals surface area contributed by atoms with Crippen molar-refractivity contribution in [3.05, 3.63) is 34.6 Å². The summed E-state index contributed by atoms with van der Waals surface area (Å²) in [6.07, 6.45) is 0. The third-order valence-electron chi connectivity index (χ3n) is 2.24. The number of fused-ring (bicyclic) bond motifs is 1. The van der Waals surface area contributed by atoms with E-state index in [0.717, 1.165) is 0 Å². The minimum atomic E-state index is -1.11. The van der Waals surface area contributed by atoms with Crippen LogP contribution in [-0.4, -0.2) is 11.9 Å². The van der Waals surface area contributed by atoms with Gasteiger partial charge in [0.2, 0.25) is 0 Å². The third-order valence-corrected chi connectivity index (χ3v) is 2.24. The van der Waals surface area contributed by atoms with Gasteiger partial charge in [0, 0.05) is 30.3 Å². The van der Waals surface area contributed by atoms with E-state index in [1.807, 2.05) is 0 Å². The van der Waals surface area contributed by atoms with Crippen molar-refractivity contribution >= 4 is 0 Å². The average Bonchev–Trinajstić information content (AvgIpc) is 2.44. The molecule has 13 heavy (non-hydrogen) atoms. The Morgan fingerprint density at radius 1 is 1.08 bits per heavy atom. The van der Waals surface area contributed by atoms with Gasteiger partial charge in [-0.25, -0.2) is 13.2 Å². The molecule has 0 atom stereocenters. The van der Waals surface area contributed by atoms with Crippen LogP contribution >= 0.6 is 0 Å². The summed E-state index contributed by atoms with van der Waals surface area (Å²) < 4.78 is 38.9. The van der Waals surface area contributed by atoms with E-state index in [-0.39, 0.29) is 17.7 Å². The summed E-state index contributed by atoms with van der Waals surface area (Å²) in [7, 11) is 1.73. The van der Waals surface area contributed by atoms with E-state index in [4.69, 9.17) is 0 Å². The first-order chi connectivity index (χ1) is 6.09. The van der Waals surface area contributed by atoms with Crippen LogP contribution in [0.5, 0.6) is 0 Å². The smallest absolute Gasteiger partial charge is 0.163 e. The highest BCUT2D eigenvalue weighted by Crippen LogP contribution is 2.27. The summed E-state index contributed by atoms with van der Waals surface area (Å²) in [5.41, 5.74) is 0.432. The molecule has 0 spiro atoms. The molecule has 1 aliphatic heterocycles. The van der Waals surface area contributed by atoms with Gasteiger partial charge in [-0.15, -0.1) is 0 Å². The second-order valence-electron chi connectivity index (χ2n) is 3.28. The molecule has 0 aromatic heterocycles. The van der Waals surface area contributed by atoms with Gasteiger partial charge >= 0.3 is 0 Å². The van der Waals surface area contributed by atoms with Crippen molar-refractivity contribution in [3.8, 4) is 0 Å². The van der Waals surface area contributed by atoms with Gasteiger partial charge in [-0.2, -0.15) is 0 Å². The van der Waals surface area contributed by atoms with E-state index in [1.165, 1.54) is 0 Å². The Kier molecular flexibility index (Phi) is 1.80. The molecular formula is C9H8F3N. The molecule has 0 saturated carbocycles. The van der Waals surface area contributed by atoms with Gasteiger partial charge in [-0.3, -0.25) is 4.90 Å². The Morgan fingerprint density at radius 3 is 2.38 bits per heavy atom. The number of hydrogen-bond acceptors (Lipinski definition) is 1. The molecule has 1 nitrogen and oxygen atoms in total. The largest absolute Gasteiger partial charge is 0.298 e. The molecule has 1 aromatic carbocycles. The third kappa shape index (κ3) is 1.21. The Bertz CT molecular complexity index is 362. The normalized spacial score (nSPS) is 16.3. The first-order valence-electron chi connectivity index (χ1n) is 3.93. The first-order valence-corrected chi connectivity index (χ1v) is 3.93. The Morgan fingerprint density at radius 2 is 1.69 bits per heavy atom. The molecule has 0 saturated heterocycles. The van der Waals surface area contributed by atoms with E-state index in [1.54, 1.807) is 11.9 Å². The Hall–Kier alpha value is -1.03. The summed E-state index contributed by atoms with van der Waals surface area (Å²) in [5, 5.41) is 0. The van der Waals surface area contributed by atoms with Crippen LogP contribution in [-0.2, 0) is 13.1 Å². The van der Waals surface area contributed by atoms with Crippen LogP contribution in [0.1, 0.15) is 11.1 Å². The summed E-state index contributed by atoms with van der Waals surface area (Å²) in [5.74, 6) is -2.68. The van der Waals surface area contributed by atoms with Crippen LogP contribution in [0.15, 0.2) is 6.07 Å². The van der Waals surface area contributed by atoms with Gasteiger partial charge in [0.15, 0.2) is 11.6 Å². The van der Waals surface area contributed by atoms with Gasteiger partial charge in [0.05, 0.1) is 0 Å². The standard InChI is InChI=1S/C9H8F3N/c1-13-3-5-6(4-13)9(12)8(11)2-7(5)10/h2H,3-4H2,1H3. The number of halogens is 3. The van der Waals surface area contributed by atoms with Crippen molar-refractivity contribution in [1.29, 1.82) is 0 Å². The quantitative estimate of drug-likeness (QED) is 0.562. The van der Waals surface area contributed by atoms with Crippen LogP contribution in [0.3, 0.4) is 0 Å². The average molecular weight is 187 g/mol. The molecule has 70 valence electrons. The number of benzene rings is 1. The monoisotopic (exact) mass is 187 g/mol. The predicted molar refractivity (Wildman–Crippen MR) is 41.5 cm³/mol. The number of nitrogens with zero attached hydrogens (tertiary/aromatic N) is 1. The lowest BCUT2D eigenvalue weighted by Crippen LogP contribution is -2.08. The molecule has 0 unspecified atom stereocenters. The van der Waals surface area contributed by atoms with Crippen molar-refractivity contribution in [2.24, 2.45) is 0 Å². The molecule has 0 aliphatic carbocycles. The highest BCUT2D eigenvalue weighted by atomic mass is 19.2. The predicted octanol–water partition coefficient (Wildman–Crippen LogP) is 2.05. The Labute approximate surface area is 73.8 Å². The summed E-state index contributed by atoms with van der Waals surface area (Å²) in [6, 6.07) is 0.604. The second kappa shape index (κ2) is 2.73. The fourth-order valence-electron chi connectivity index (χ4n) is 1.61. The Balaban J connectivity index is 2.62. The molecule has 0 N–H and O–H groups in total. The minimum absolute atomic E-state index is 0.153. The highest BCUT2D eigenvalue weighted by Gasteiger charge is 2.25. The van der Waals surface area contributed by atoms with Crippen LogP contribution in [0, 0.1) is 17.5 Å². The van der Waals surface area contributed by atoms with E-state index < -0.39 is 17.5 Å². The van der Waals surface area contributed by atoms with E-state index in [0.29, 0.717) is 12.6 Å². The van der Waals surface area contributed by atoms with Crippen LogP contribution in [0.4, 0.5) is 13.2 Å². The maximum Gasteiger partial charge on any atom is 0.163 e. The molecule has 1 heterocycles. The summed E-state index contributed by atoms with van der Waals surface area (Å²) >= 11 is 0.